The maximum absolute atomic E-state index is 12.8. The standard InChI is InChI=1S/C23H28N2O3/c1-23(2,3)25(15-17-7-5-4-6-8-17)21(26)16-28-20-13-11-19(12-14-20)24-22(27)18-9-10-18/h4-8,11-14,18H,9-10,15-16H2,1-3H3,(H,24,27). The van der Waals surface area contributed by atoms with Gasteiger partial charge in [-0.05, 0) is 63.4 Å². The smallest absolute Gasteiger partial charge is 0.261 e. The van der Waals surface area contributed by atoms with Crippen molar-refractivity contribution in [3.63, 3.8) is 0 Å². The predicted molar refractivity (Wildman–Crippen MR) is 110 cm³/mol. The molecule has 0 radical (unpaired) electrons. The summed E-state index contributed by atoms with van der Waals surface area (Å²) in [7, 11) is 0. The van der Waals surface area contributed by atoms with Crippen LogP contribution >= 0.6 is 0 Å². The van der Waals surface area contributed by atoms with Crippen molar-refractivity contribution < 1.29 is 14.3 Å². The third-order valence-electron chi connectivity index (χ3n) is 4.73. The van der Waals surface area contributed by atoms with E-state index in [1.54, 1.807) is 24.3 Å². The Morgan fingerprint density at radius 3 is 2.25 bits per heavy atom. The molecule has 5 heteroatoms. The van der Waals surface area contributed by atoms with Gasteiger partial charge in [-0.2, -0.15) is 0 Å². The lowest BCUT2D eigenvalue weighted by Crippen LogP contribution is -2.47. The molecule has 1 fully saturated rings. The van der Waals surface area contributed by atoms with E-state index >= 15 is 0 Å². The van der Waals surface area contributed by atoms with Crippen LogP contribution in [0.5, 0.6) is 5.75 Å². The average molecular weight is 380 g/mol. The Hall–Kier alpha value is -2.82. The number of amides is 2. The molecule has 5 nitrogen and oxygen atoms in total. The molecule has 0 saturated heterocycles. The third kappa shape index (κ3) is 5.59. The molecule has 1 aliphatic carbocycles. The number of hydrogen-bond donors (Lipinski definition) is 1. The maximum Gasteiger partial charge on any atom is 0.261 e. The number of hydrogen-bond acceptors (Lipinski definition) is 3. The van der Waals surface area contributed by atoms with E-state index in [1.165, 1.54) is 0 Å². The third-order valence-corrected chi connectivity index (χ3v) is 4.73. The second-order valence-corrected chi connectivity index (χ2v) is 8.21. The maximum atomic E-state index is 12.8. The lowest BCUT2D eigenvalue weighted by atomic mass is 10.0. The second kappa shape index (κ2) is 8.46. The van der Waals surface area contributed by atoms with Gasteiger partial charge in [0.15, 0.2) is 6.61 Å². The van der Waals surface area contributed by atoms with Crippen molar-refractivity contribution in [1.29, 1.82) is 0 Å². The molecule has 1 aliphatic rings. The number of benzene rings is 2. The highest BCUT2D eigenvalue weighted by Crippen LogP contribution is 2.30. The summed E-state index contributed by atoms with van der Waals surface area (Å²) < 4.78 is 5.70. The zero-order valence-corrected chi connectivity index (χ0v) is 16.8. The van der Waals surface area contributed by atoms with Gasteiger partial charge in [0.25, 0.3) is 5.91 Å². The molecule has 0 atom stereocenters. The minimum Gasteiger partial charge on any atom is -0.484 e. The van der Waals surface area contributed by atoms with Gasteiger partial charge in [-0.3, -0.25) is 9.59 Å². The Bertz CT molecular complexity index is 806. The predicted octanol–water partition coefficient (Wildman–Crippen LogP) is 4.24. The largest absolute Gasteiger partial charge is 0.484 e. The Morgan fingerprint density at radius 2 is 1.68 bits per heavy atom. The van der Waals surface area contributed by atoms with Crippen LogP contribution in [0.2, 0.25) is 0 Å². The summed E-state index contributed by atoms with van der Waals surface area (Å²) in [5.74, 6) is 0.779. The highest BCUT2D eigenvalue weighted by atomic mass is 16.5. The number of nitrogens with zero attached hydrogens (tertiary/aromatic N) is 1. The van der Waals surface area contributed by atoms with Crippen LogP contribution in [0.4, 0.5) is 5.69 Å². The summed E-state index contributed by atoms with van der Waals surface area (Å²) in [5.41, 5.74) is 1.52. The van der Waals surface area contributed by atoms with E-state index in [2.05, 4.69) is 5.32 Å². The van der Waals surface area contributed by atoms with Gasteiger partial charge in [-0.15, -0.1) is 0 Å². The van der Waals surface area contributed by atoms with Gasteiger partial charge >= 0.3 is 0 Å². The zero-order chi connectivity index (χ0) is 20.1. The van der Waals surface area contributed by atoms with Crippen LogP contribution in [0.1, 0.15) is 39.2 Å². The molecule has 1 N–H and O–H groups in total. The minimum atomic E-state index is -0.312. The van der Waals surface area contributed by atoms with Crippen LogP contribution < -0.4 is 10.1 Å². The van der Waals surface area contributed by atoms with Crippen LogP contribution in [0, 0.1) is 5.92 Å². The fourth-order valence-electron chi connectivity index (χ4n) is 2.91. The number of anilines is 1. The van der Waals surface area contributed by atoms with Crippen molar-refractivity contribution in [2.24, 2.45) is 5.92 Å². The Balaban J connectivity index is 1.56. The lowest BCUT2D eigenvalue weighted by molar-refractivity contribution is -0.139. The molecule has 2 amide bonds. The number of carbonyl (C=O) groups is 2. The first kappa shape index (κ1) is 19.9. The molecule has 0 aliphatic heterocycles. The highest BCUT2D eigenvalue weighted by molar-refractivity contribution is 5.94. The van der Waals surface area contributed by atoms with Crippen LogP contribution in [-0.2, 0) is 16.1 Å². The first-order chi connectivity index (χ1) is 13.3. The van der Waals surface area contributed by atoms with Gasteiger partial charge < -0.3 is 15.0 Å². The average Bonchev–Trinajstić information content (AvgIpc) is 3.50. The van der Waals surface area contributed by atoms with Crippen molar-refractivity contribution in [2.75, 3.05) is 11.9 Å². The molecule has 2 aromatic rings. The van der Waals surface area contributed by atoms with Gasteiger partial charge in [0, 0.05) is 23.7 Å². The van der Waals surface area contributed by atoms with E-state index in [0.717, 1.165) is 24.1 Å². The lowest BCUT2D eigenvalue weighted by Gasteiger charge is -2.35. The summed E-state index contributed by atoms with van der Waals surface area (Å²) in [6.07, 6.45) is 1.95. The quantitative estimate of drug-likeness (QED) is 0.782. The molecule has 2 aromatic carbocycles. The zero-order valence-electron chi connectivity index (χ0n) is 16.8. The molecule has 3 rings (SSSR count). The van der Waals surface area contributed by atoms with Crippen molar-refractivity contribution in [3.05, 3.63) is 60.2 Å². The van der Waals surface area contributed by atoms with Crippen molar-refractivity contribution in [2.45, 2.75) is 45.7 Å². The molecule has 28 heavy (non-hydrogen) atoms. The van der Waals surface area contributed by atoms with Crippen LogP contribution in [0.15, 0.2) is 54.6 Å². The Labute approximate surface area is 166 Å². The molecule has 0 heterocycles. The monoisotopic (exact) mass is 380 g/mol. The topological polar surface area (TPSA) is 58.6 Å². The normalized spacial score (nSPS) is 13.7. The molecule has 148 valence electrons. The Morgan fingerprint density at radius 1 is 1.04 bits per heavy atom. The van der Waals surface area contributed by atoms with E-state index in [1.807, 2.05) is 56.0 Å². The first-order valence-corrected chi connectivity index (χ1v) is 9.71. The SMILES string of the molecule is CC(C)(C)N(Cc1ccccc1)C(=O)COc1ccc(NC(=O)C2CC2)cc1. The second-order valence-electron chi connectivity index (χ2n) is 8.21. The molecule has 0 spiro atoms. The van der Waals surface area contributed by atoms with Gasteiger partial charge in [0.05, 0.1) is 0 Å². The molecular formula is C23H28N2O3. The highest BCUT2D eigenvalue weighted by Gasteiger charge is 2.29. The number of rotatable bonds is 7. The van der Waals surface area contributed by atoms with Gasteiger partial charge in [0.1, 0.15) is 5.75 Å². The number of nitrogens with one attached hydrogen (secondary N) is 1. The summed E-state index contributed by atoms with van der Waals surface area (Å²) in [6, 6.07) is 17.1. The molecule has 0 bridgehead atoms. The van der Waals surface area contributed by atoms with E-state index in [0.29, 0.717) is 12.3 Å². The van der Waals surface area contributed by atoms with Crippen LogP contribution in [0.25, 0.3) is 0 Å². The van der Waals surface area contributed by atoms with E-state index in [9.17, 15) is 9.59 Å². The van der Waals surface area contributed by atoms with Gasteiger partial charge in [0.2, 0.25) is 5.91 Å². The summed E-state index contributed by atoms with van der Waals surface area (Å²) >= 11 is 0. The van der Waals surface area contributed by atoms with Gasteiger partial charge in [-0.25, -0.2) is 0 Å². The molecule has 0 unspecified atom stereocenters. The van der Waals surface area contributed by atoms with E-state index in [-0.39, 0.29) is 29.9 Å². The van der Waals surface area contributed by atoms with E-state index in [4.69, 9.17) is 4.74 Å². The van der Waals surface area contributed by atoms with Crippen molar-refractivity contribution >= 4 is 17.5 Å². The fraction of sp³-hybridized carbons (Fsp3) is 0.391. The summed E-state index contributed by atoms with van der Waals surface area (Å²) in [4.78, 5) is 26.4. The van der Waals surface area contributed by atoms with Crippen molar-refractivity contribution in [3.8, 4) is 5.75 Å². The fourth-order valence-corrected chi connectivity index (χ4v) is 2.91. The molecule has 0 aromatic heterocycles. The van der Waals surface area contributed by atoms with E-state index < -0.39 is 0 Å². The van der Waals surface area contributed by atoms with Gasteiger partial charge in [-0.1, -0.05) is 30.3 Å². The Kier molecular flexibility index (Phi) is 6.02. The van der Waals surface area contributed by atoms with Crippen LogP contribution in [0.3, 0.4) is 0 Å². The van der Waals surface area contributed by atoms with Crippen LogP contribution in [-0.4, -0.2) is 28.9 Å². The molecular weight excluding hydrogens is 352 g/mol. The van der Waals surface area contributed by atoms with Crippen molar-refractivity contribution in [1.82, 2.24) is 4.90 Å². The summed E-state index contributed by atoms with van der Waals surface area (Å²) in [5, 5.41) is 2.89. The number of ether oxygens (including phenoxy) is 1. The number of carbonyl (C=O) groups excluding carboxylic acids is 2. The molecule has 1 saturated carbocycles. The summed E-state index contributed by atoms with van der Waals surface area (Å²) in [6.45, 7) is 6.57. The minimum absolute atomic E-state index is 0.0299. The first-order valence-electron chi connectivity index (χ1n) is 9.71.